The van der Waals surface area contributed by atoms with E-state index in [1.165, 1.54) is 11.8 Å². The lowest BCUT2D eigenvalue weighted by Crippen LogP contribution is -2.28. The molecule has 0 saturated heterocycles. The Morgan fingerprint density at radius 3 is 2.64 bits per heavy atom. The summed E-state index contributed by atoms with van der Waals surface area (Å²) in [7, 11) is 1.65. The van der Waals surface area contributed by atoms with Gasteiger partial charge in [-0.2, -0.15) is 0 Å². The minimum absolute atomic E-state index is 0.0481. The Morgan fingerprint density at radius 2 is 1.93 bits per heavy atom. The summed E-state index contributed by atoms with van der Waals surface area (Å²) in [6.07, 6.45) is 3.44. The van der Waals surface area contributed by atoms with E-state index < -0.39 is 0 Å². The van der Waals surface area contributed by atoms with Gasteiger partial charge in [0.2, 0.25) is 5.91 Å². The van der Waals surface area contributed by atoms with Gasteiger partial charge >= 0.3 is 0 Å². The minimum atomic E-state index is -0.0481. The van der Waals surface area contributed by atoms with Crippen LogP contribution in [0.2, 0.25) is 0 Å². The van der Waals surface area contributed by atoms with Gasteiger partial charge in [0.15, 0.2) is 11.0 Å². The largest absolute Gasteiger partial charge is 0.383 e. The molecule has 2 aromatic heterocycles. The second-order valence-electron chi connectivity index (χ2n) is 6.18. The zero-order valence-electron chi connectivity index (χ0n) is 15.9. The average Bonchev–Trinajstić information content (AvgIpc) is 3.14. The van der Waals surface area contributed by atoms with Crippen molar-refractivity contribution in [3.63, 3.8) is 0 Å². The van der Waals surface area contributed by atoms with E-state index in [0.29, 0.717) is 18.3 Å². The SMILES string of the molecule is COCCn1c(SCC(=O)N[C@@H](C)c2ccccc2)nnc1-c1ccncc1. The number of nitrogens with one attached hydrogen (secondary N) is 1. The van der Waals surface area contributed by atoms with Gasteiger partial charge in [0.05, 0.1) is 24.9 Å². The van der Waals surface area contributed by atoms with Gasteiger partial charge in [-0.1, -0.05) is 42.1 Å². The molecule has 1 atom stereocenters. The maximum atomic E-state index is 12.4. The summed E-state index contributed by atoms with van der Waals surface area (Å²) < 4.78 is 7.18. The molecule has 3 rings (SSSR count). The van der Waals surface area contributed by atoms with Gasteiger partial charge < -0.3 is 10.1 Å². The highest BCUT2D eigenvalue weighted by molar-refractivity contribution is 7.99. The second-order valence-corrected chi connectivity index (χ2v) is 7.12. The van der Waals surface area contributed by atoms with Gasteiger partial charge in [0.1, 0.15) is 0 Å². The van der Waals surface area contributed by atoms with Crippen molar-refractivity contribution < 1.29 is 9.53 Å². The zero-order chi connectivity index (χ0) is 19.8. The van der Waals surface area contributed by atoms with Gasteiger partial charge in [0, 0.05) is 25.1 Å². The maximum Gasteiger partial charge on any atom is 0.230 e. The Kier molecular flexibility index (Phi) is 7.16. The monoisotopic (exact) mass is 397 g/mol. The number of benzene rings is 1. The fourth-order valence-corrected chi connectivity index (χ4v) is 3.51. The van der Waals surface area contributed by atoms with Crippen LogP contribution in [-0.2, 0) is 16.1 Å². The first kappa shape index (κ1) is 20.0. The Bertz CT molecular complexity index is 886. The molecule has 146 valence electrons. The van der Waals surface area contributed by atoms with Crippen molar-refractivity contribution in [2.75, 3.05) is 19.5 Å². The van der Waals surface area contributed by atoms with E-state index >= 15 is 0 Å². The van der Waals surface area contributed by atoms with Crippen LogP contribution < -0.4 is 5.32 Å². The van der Waals surface area contributed by atoms with Gasteiger partial charge in [-0.05, 0) is 24.6 Å². The van der Waals surface area contributed by atoms with E-state index in [0.717, 1.165) is 17.0 Å². The molecule has 1 N–H and O–H groups in total. The van der Waals surface area contributed by atoms with E-state index in [9.17, 15) is 4.79 Å². The molecular formula is C20H23N5O2S. The van der Waals surface area contributed by atoms with Crippen molar-refractivity contribution in [2.24, 2.45) is 0 Å². The molecule has 1 amide bonds. The highest BCUT2D eigenvalue weighted by atomic mass is 32.2. The summed E-state index contributed by atoms with van der Waals surface area (Å²) in [5, 5.41) is 12.3. The van der Waals surface area contributed by atoms with E-state index in [1.54, 1.807) is 19.5 Å². The predicted molar refractivity (Wildman–Crippen MR) is 109 cm³/mol. The summed E-state index contributed by atoms with van der Waals surface area (Å²) in [5.74, 6) is 0.951. The third kappa shape index (κ3) is 5.17. The van der Waals surface area contributed by atoms with Crippen molar-refractivity contribution in [2.45, 2.75) is 24.7 Å². The molecule has 8 heteroatoms. The lowest BCUT2D eigenvalue weighted by molar-refractivity contribution is -0.119. The van der Waals surface area contributed by atoms with Crippen LogP contribution in [0.1, 0.15) is 18.5 Å². The predicted octanol–water partition coefficient (Wildman–Crippen LogP) is 2.96. The fraction of sp³-hybridized carbons (Fsp3) is 0.300. The molecule has 0 radical (unpaired) electrons. The molecule has 0 unspecified atom stereocenters. The third-order valence-corrected chi connectivity index (χ3v) is 5.15. The number of hydrogen-bond donors (Lipinski definition) is 1. The number of methoxy groups -OCH3 is 1. The molecule has 3 aromatic rings. The molecular weight excluding hydrogens is 374 g/mol. The molecule has 2 heterocycles. The molecule has 0 spiro atoms. The highest BCUT2D eigenvalue weighted by Gasteiger charge is 2.16. The van der Waals surface area contributed by atoms with E-state index in [1.807, 2.05) is 54.0 Å². The number of thioether (sulfide) groups is 1. The van der Waals surface area contributed by atoms with E-state index in [-0.39, 0.29) is 17.7 Å². The Balaban J connectivity index is 1.66. The summed E-state index contributed by atoms with van der Waals surface area (Å²) in [6, 6.07) is 13.6. The lowest BCUT2D eigenvalue weighted by Gasteiger charge is -2.14. The Labute approximate surface area is 168 Å². The normalized spacial score (nSPS) is 11.9. The van der Waals surface area contributed by atoms with Gasteiger partial charge in [-0.25, -0.2) is 0 Å². The summed E-state index contributed by atoms with van der Waals surface area (Å²) in [6.45, 7) is 3.10. The quantitative estimate of drug-likeness (QED) is 0.559. The summed E-state index contributed by atoms with van der Waals surface area (Å²) in [4.78, 5) is 16.4. The summed E-state index contributed by atoms with van der Waals surface area (Å²) >= 11 is 1.36. The van der Waals surface area contributed by atoms with Crippen molar-refractivity contribution >= 4 is 17.7 Å². The van der Waals surface area contributed by atoms with Crippen LogP contribution in [0.15, 0.2) is 60.0 Å². The number of carbonyl (C=O) groups excluding carboxylic acids is 1. The van der Waals surface area contributed by atoms with Gasteiger partial charge in [-0.3, -0.25) is 14.3 Å². The van der Waals surface area contributed by atoms with Gasteiger partial charge in [0.25, 0.3) is 0 Å². The highest BCUT2D eigenvalue weighted by Crippen LogP contribution is 2.23. The van der Waals surface area contributed by atoms with Crippen molar-refractivity contribution in [1.29, 1.82) is 0 Å². The number of nitrogens with zero attached hydrogens (tertiary/aromatic N) is 4. The molecule has 28 heavy (non-hydrogen) atoms. The number of ether oxygens (including phenoxy) is 1. The minimum Gasteiger partial charge on any atom is -0.383 e. The van der Waals surface area contributed by atoms with Crippen LogP contribution >= 0.6 is 11.8 Å². The first-order chi connectivity index (χ1) is 13.7. The Hall–Kier alpha value is -2.71. The summed E-state index contributed by atoms with van der Waals surface area (Å²) in [5.41, 5.74) is 2.00. The van der Waals surface area contributed by atoms with Crippen LogP contribution in [-0.4, -0.2) is 45.1 Å². The molecule has 0 bridgehead atoms. The maximum absolute atomic E-state index is 12.4. The molecule has 0 saturated carbocycles. The van der Waals surface area contributed by atoms with Crippen LogP contribution in [0.3, 0.4) is 0 Å². The number of pyridine rings is 1. The first-order valence-electron chi connectivity index (χ1n) is 8.98. The molecule has 1 aromatic carbocycles. The van der Waals surface area contributed by atoms with Crippen LogP contribution in [0.5, 0.6) is 0 Å². The number of carbonyl (C=O) groups is 1. The van der Waals surface area contributed by atoms with E-state index in [4.69, 9.17) is 4.74 Å². The molecule has 0 fully saturated rings. The average molecular weight is 398 g/mol. The topological polar surface area (TPSA) is 81.9 Å². The number of hydrogen-bond acceptors (Lipinski definition) is 6. The molecule has 0 aliphatic rings. The fourth-order valence-electron chi connectivity index (χ4n) is 2.73. The third-order valence-electron chi connectivity index (χ3n) is 4.18. The smallest absolute Gasteiger partial charge is 0.230 e. The van der Waals surface area contributed by atoms with Crippen molar-refractivity contribution in [3.05, 3.63) is 60.4 Å². The van der Waals surface area contributed by atoms with E-state index in [2.05, 4.69) is 20.5 Å². The van der Waals surface area contributed by atoms with Crippen molar-refractivity contribution in [3.8, 4) is 11.4 Å². The number of aromatic nitrogens is 4. The zero-order valence-corrected chi connectivity index (χ0v) is 16.7. The van der Waals surface area contributed by atoms with Crippen LogP contribution in [0, 0.1) is 0 Å². The molecule has 0 aliphatic heterocycles. The molecule has 7 nitrogen and oxygen atoms in total. The Morgan fingerprint density at radius 1 is 1.18 bits per heavy atom. The van der Waals surface area contributed by atoms with Crippen LogP contribution in [0.25, 0.3) is 11.4 Å². The lowest BCUT2D eigenvalue weighted by atomic mass is 10.1. The first-order valence-corrected chi connectivity index (χ1v) is 9.97. The van der Waals surface area contributed by atoms with Crippen molar-refractivity contribution in [1.82, 2.24) is 25.1 Å². The van der Waals surface area contributed by atoms with Gasteiger partial charge in [-0.15, -0.1) is 10.2 Å². The standard InChI is InChI=1S/C20H23N5O2S/c1-15(16-6-4-3-5-7-16)22-18(26)14-28-20-24-23-19(25(20)12-13-27-2)17-8-10-21-11-9-17/h3-11,15H,12-14H2,1-2H3,(H,22,26)/t15-/m0/s1. The molecule has 0 aliphatic carbocycles. The number of rotatable bonds is 9. The number of amides is 1. The van der Waals surface area contributed by atoms with Crippen LogP contribution in [0.4, 0.5) is 0 Å². The second kappa shape index (κ2) is 10.0.